The molecule has 0 aliphatic carbocycles. The highest BCUT2D eigenvalue weighted by molar-refractivity contribution is 5.86. The molecule has 1 unspecified atom stereocenters. The molecule has 158 valence electrons. The average Bonchev–Trinajstić information content (AvgIpc) is 3.54. The molecule has 31 heavy (non-hydrogen) atoms. The maximum atomic E-state index is 9.98. The molecule has 1 aliphatic rings. The van der Waals surface area contributed by atoms with Crippen LogP contribution in [0.4, 0.5) is 5.82 Å². The van der Waals surface area contributed by atoms with Crippen molar-refractivity contribution in [2.75, 3.05) is 18.1 Å². The average molecular weight is 415 g/mol. The number of aromatic nitrogens is 2. The number of imidazole rings is 1. The molecule has 4 heterocycles. The van der Waals surface area contributed by atoms with Crippen LogP contribution in [0.3, 0.4) is 0 Å². The number of rotatable bonds is 6. The van der Waals surface area contributed by atoms with E-state index in [9.17, 15) is 5.26 Å². The summed E-state index contributed by atoms with van der Waals surface area (Å²) in [6.07, 6.45) is 4.86. The molecule has 1 fully saturated rings. The van der Waals surface area contributed by atoms with Crippen LogP contribution in [0, 0.1) is 18.3 Å². The van der Waals surface area contributed by atoms with Gasteiger partial charge < -0.3 is 14.1 Å². The van der Waals surface area contributed by atoms with Crippen LogP contribution in [0.5, 0.6) is 0 Å². The van der Waals surface area contributed by atoms with E-state index in [1.165, 1.54) is 0 Å². The zero-order valence-electron chi connectivity index (χ0n) is 18.0. The number of hydrogen-bond acceptors (Lipinski definition) is 5. The number of benzene rings is 1. The van der Waals surface area contributed by atoms with E-state index in [1.54, 1.807) is 6.26 Å². The monoisotopic (exact) mass is 414 g/mol. The van der Waals surface area contributed by atoms with Gasteiger partial charge in [0.15, 0.2) is 5.65 Å². The third-order valence-electron chi connectivity index (χ3n) is 6.23. The van der Waals surface area contributed by atoms with Crippen LogP contribution in [0.1, 0.15) is 42.2 Å². The SMILES string of the molecule is CCc1c(C)c(C#N)c2nc3ccccc3n2c1N(Cc1ccco1)CC1CCCO1. The largest absolute Gasteiger partial charge is 0.467 e. The van der Waals surface area contributed by atoms with E-state index in [4.69, 9.17) is 14.1 Å². The quantitative estimate of drug-likeness (QED) is 0.444. The van der Waals surface area contributed by atoms with Gasteiger partial charge in [-0.25, -0.2) is 4.98 Å². The predicted molar refractivity (Wildman–Crippen MR) is 120 cm³/mol. The summed E-state index contributed by atoms with van der Waals surface area (Å²) in [6.45, 7) is 6.40. The van der Waals surface area contributed by atoms with Crippen molar-refractivity contribution in [3.8, 4) is 6.07 Å². The van der Waals surface area contributed by atoms with Crippen LogP contribution in [0.2, 0.25) is 0 Å². The first-order chi connectivity index (χ1) is 15.2. The number of pyridine rings is 1. The number of furan rings is 1. The third-order valence-corrected chi connectivity index (χ3v) is 6.23. The van der Waals surface area contributed by atoms with Gasteiger partial charge in [0, 0.05) is 13.2 Å². The first kappa shape index (κ1) is 19.7. The van der Waals surface area contributed by atoms with Gasteiger partial charge in [0.25, 0.3) is 0 Å². The van der Waals surface area contributed by atoms with Crippen LogP contribution in [-0.4, -0.2) is 28.6 Å². The molecule has 5 rings (SSSR count). The molecule has 6 nitrogen and oxygen atoms in total. The van der Waals surface area contributed by atoms with Gasteiger partial charge in [0.2, 0.25) is 0 Å². The highest BCUT2D eigenvalue weighted by atomic mass is 16.5. The van der Waals surface area contributed by atoms with Crippen molar-refractivity contribution in [3.05, 3.63) is 65.1 Å². The molecule has 4 aromatic rings. The van der Waals surface area contributed by atoms with Crippen molar-refractivity contribution < 1.29 is 9.15 Å². The minimum absolute atomic E-state index is 0.181. The maximum Gasteiger partial charge on any atom is 0.157 e. The lowest BCUT2D eigenvalue weighted by Gasteiger charge is -2.30. The van der Waals surface area contributed by atoms with Crippen LogP contribution >= 0.6 is 0 Å². The summed E-state index contributed by atoms with van der Waals surface area (Å²) < 4.78 is 13.9. The highest BCUT2D eigenvalue weighted by Gasteiger charge is 2.27. The Bertz CT molecular complexity index is 1260. The van der Waals surface area contributed by atoms with E-state index < -0.39 is 0 Å². The van der Waals surface area contributed by atoms with Crippen molar-refractivity contribution in [1.29, 1.82) is 5.26 Å². The molecule has 0 spiro atoms. The summed E-state index contributed by atoms with van der Waals surface area (Å²) in [5, 5.41) is 9.98. The van der Waals surface area contributed by atoms with E-state index in [0.29, 0.717) is 17.8 Å². The van der Waals surface area contributed by atoms with Gasteiger partial charge in [-0.05, 0) is 61.6 Å². The minimum Gasteiger partial charge on any atom is -0.467 e. The van der Waals surface area contributed by atoms with Crippen LogP contribution < -0.4 is 4.90 Å². The summed E-state index contributed by atoms with van der Waals surface area (Å²) in [5.41, 5.74) is 5.42. The number of nitriles is 1. The zero-order chi connectivity index (χ0) is 21.4. The number of para-hydroxylation sites is 2. The van der Waals surface area contributed by atoms with E-state index in [2.05, 4.69) is 28.4 Å². The molecule has 0 saturated carbocycles. The second kappa shape index (κ2) is 8.09. The van der Waals surface area contributed by atoms with Gasteiger partial charge in [-0.2, -0.15) is 5.26 Å². The molecular weight excluding hydrogens is 388 g/mol. The van der Waals surface area contributed by atoms with Gasteiger partial charge in [0.05, 0.1) is 35.5 Å². The number of anilines is 1. The van der Waals surface area contributed by atoms with Crippen molar-refractivity contribution in [2.45, 2.75) is 45.8 Å². The van der Waals surface area contributed by atoms with Crippen LogP contribution in [-0.2, 0) is 17.7 Å². The number of nitrogens with zero attached hydrogens (tertiary/aromatic N) is 4. The second-order valence-corrected chi connectivity index (χ2v) is 8.12. The lowest BCUT2D eigenvalue weighted by Crippen LogP contribution is -2.34. The number of fused-ring (bicyclic) bond motifs is 3. The summed E-state index contributed by atoms with van der Waals surface area (Å²) in [6, 6.07) is 14.4. The maximum absolute atomic E-state index is 9.98. The van der Waals surface area contributed by atoms with Crippen molar-refractivity contribution in [1.82, 2.24) is 9.38 Å². The summed E-state index contributed by atoms with van der Waals surface area (Å²) in [5.74, 6) is 1.98. The first-order valence-corrected chi connectivity index (χ1v) is 10.9. The van der Waals surface area contributed by atoms with Crippen molar-refractivity contribution in [2.24, 2.45) is 0 Å². The summed E-state index contributed by atoms with van der Waals surface area (Å²) >= 11 is 0. The lowest BCUT2D eigenvalue weighted by molar-refractivity contribution is 0.115. The molecular formula is C25H26N4O2. The molecule has 0 amide bonds. The Hall–Kier alpha value is -3.30. The van der Waals surface area contributed by atoms with Crippen LogP contribution in [0.15, 0.2) is 47.1 Å². The molecule has 1 atom stereocenters. The van der Waals surface area contributed by atoms with Gasteiger partial charge in [-0.3, -0.25) is 4.40 Å². The first-order valence-electron chi connectivity index (χ1n) is 10.9. The molecule has 1 aromatic carbocycles. The normalized spacial score (nSPS) is 16.2. The fraction of sp³-hybridized carbons (Fsp3) is 0.360. The Morgan fingerprint density at radius 1 is 1.26 bits per heavy atom. The number of hydrogen-bond donors (Lipinski definition) is 0. The molecule has 0 N–H and O–H groups in total. The van der Waals surface area contributed by atoms with E-state index in [0.717, 1.165) is 66.2 Å². The molecule has 0 bridgehead atoms. The van der Waals surface area contributed by atoms with Crippen molar-refractivity contribution in [3.63, 3.8) is 0 Å². The fourth-order valence-corrected chi connectivity index (χ4v) is 4.77. The second-order valence-electron chi connectivity index (χ2n) is 8.12. The van der Waals surface area contributed by atoms with Crippen molar-refractivity contribution >= 4 is 22.5 Å². The Labute approximate surface area is 181 Å². The van der Waals surface area contributed by atoms with Gasteiger partial charge >= 0.3 is 0 Å². The molecule has 1 aliphatic heterocycles. The van der Waals surface area contributed by atoms with Crippen LogP contribution in [0.25, 0.3) is 16.7 Å². The van der Waals surface area contributed by atoms with Gasteiger partial charge in [-0.1, -0.05) is 19.1 Å². The number of ether oxygens (including phenoxy) is 1. The standard InChI is InChI=1S/C25H26N4O2/c1-3-20-17(2)21(14-26)24-27-22-10-4-5-11-23(22)29(24)25(20)28(15-18-8-6-12-30-18)16-19-9-7-13-31-19/h4-6,8,10-12,19H,3,7,9,13,15-16H2,1-2H3. The highest BCUT2D eigenvalue weighted by Crippen LogP contribution is 2.35. The Balaban J connectivity index is 1.79. The minimum atomic E-state index is 0.181. The smallest absolute Gasteiger partial charge is 0.157 e. The van der Waals surface area contributed by atoms with Gasteiger partial charge in [0.1, 0.15) is 17.6 Å². The Morgan fingerprint density at radius 3 is 2.84 bits per heavy atom. The van der Waals surface area contributed by atoms with E-state index in [1.807, 2.05) is 37.3 Å². The van der Waals surface area contributed by atoms with E-state index in [-0.39, 0.29) is 6.10 Å². The Morgan fingerprint density at radius 2 is 2.13 bits per heavy atom. The molecule has 3 aromatic heterocycles. The third kappa shape index (κ3) is 3.35. The van der Waals surface area contributed by atoms with Gasteiger partial charge in [-0.15, -0.1) is 0 Å². The topological polar surface area (TPSA) is 66.7 Å². The zero-order valence-corrected chi connectivity index (χ0v) is 18.0. The molecule has 0 radical (unpaired) electrons. The molecule has 1 saturated heterocycles. The lowest BCUT2D eigenvalue weighted by atomic mass is 10.0. The van der Waals surface area contributed by atoms with E-state index >= 15 is 0 Å². The fourth-order valence-electron chi connectivity index (χ4n) is 4.77. The summed E-state index contributed by atoms with van der Waals surface area (Å²) in [7, 11) is 0. The Kier molecular flexibility index (Phi) is 5.13. The summed E-state index contributed by atoms with van der Waals surface area (Å²) in [4.78, 5) is 7.20. The predicted octanol–water partition coefficient (Wildman–Crippen LogP) is 5.01. The molecule has 6 heteroatoms.